The van der Waals surface area contributed by atoms with Gasteiger partial charge in [0.2, 0.25) is 5.91 Å². The van der Waals surface area contributed by atoms with Crippen LogP contribution in [-0.4, -0.2) is 37.3 Å². The maximum absolute atomic E-state index is 15.4. The topological polar surface area (TPSA) is 123 Å². The number of fused-ring (bicyclic) bond motifs is 1. The van der Waals surface area contributed by atoms with Gasteiger partial charge in [0.15, 0.2) is 17.3 Å². The normalized spacial score (nSPS) is 17.2. The fourth-order valence-corrected chi connectivity index (χ4v) is 6.11. The number of carbonyl (C=O) groups excluding carboxylic acids is 2. The molecule has 17 heteroatoms. The molecular formula is C36H30F9N5O3. The first-order chi connectivity index (χ1) is 24.5. The molecule has 4 aromatic rings. The number of hydrogen-bond acceptors (Lipinski definition) is 5. The van der Waals surface area contributed by atoms with E-state index in [1.54, 1.807) is 0 Å². The van der Waals surface area contributed by atoms with Gasteiger partial charge in [0.05, 0.1) is 17.3 Å². The van der Waals surface area contributed by atoms with Crippen LogP contribution in [0.3, 0.4) is 0 Å². The number of rotatable bonds is 8. The zero-order chi connectivity index (χ0) is 39.4. The summed E-state index contributed by atoms with van der Waals surface area (Å²) in [6.45, 7) is 3.76. The summed E-state index contributed by atoms with van der Waals surface area (Å²) in [6.07, 6.45) is -5.67. The lowest BCUT2D eigenvalue weighted by atomic mass is 9.93. The van der Waals surface area contributed by atoms with E-state index in [1.807, 2.05) is 0 Å². The van der Waals surface area contributed by atoms with Gasteiger partial charge in [0, 0.05) is 23.1 Å². The van der Waals surface area contributed by atoms with E-state index >= 15 is 8.78 Å². The Kier molecular flexibility index (Phi) is 10.2. The van der Waals surface area contributed by atoms with Gasteiger partial charge in [-0.25, -0.2) is 22.5 Å². The van der Waals surface area contributed by atoms with Gasteiger partial charge in [-0.05, 0) is 79.6 Å². The van der Waals surface area contributed by atoms with Crippen LogP contribution in [0.2, 0.25) is 0 Å². The van der Waals surface area contributed by atoms with Crippen molar-refractivity contribution in [2.75, 3.05) is 0 Å². The minimum atomic E-state index is -5.15. The summed E-state index contributed by atoms with van der Waals surface area (Å²) in [6, 6.07) is 4.87. The molecule has 4 N–H and O–H groups in total. The van der Waals surface area contributed by atoms with Crippen molar-refractivity contribution in [3.8, 4) is 23.0 Å². The summed E-state index contributed by atoms with van der Waals surface area (Å²) in [4.78, 5) is 30.0. The Morgan fingerprint density at radius 3 is 2.26 bits per heavy atom. The van der Waals surface area contributed by atoms with Crippen molar-refractivity contribution in [2.45, 2.75) is 70.3 Å². The monoisotopic (exact) mass is 751 g/mol. The molecule has 8 nitrogen and oxygen atoms in total. The third-order valence-corrected chi connectivity index (χ3v) is 8.70. The first-order valence-electron chi connectivity index (χ1n) is 15.8. The number of nitrogens with two attached hydrogens (primary N) is 1. The van der Waals surface area contributed by atoms with E-state index in [9.17, 15) is 45.4 Å². The van der Waals surface area contributed by atoms with Gasteiger partial charge in [-0.15, -0.1) is 0 Å². The Balaban J connectivity index is 1.68. The van der Waals surface area contributed by atoms with Gasteiger partial charge >= 0.3 is 6.18 Å². The largest absolute Gasteiger partial charge is 0.435 e. The number of pyridine rings is 1. The third kappa shape index (κ3) is 8.02. The quantitative estimate of drug-likeness (QED) is 0.137. The molecule has 1 aliphatic rings. The molecule has 0 fully saturated rings. The molecule has 1 aliphatic carbocycles. The summed E-state index contributed by atoms with van der Waals surface area (Å²) in [5, 5.41) is 15.9. The number of nitrogens with one attached hydrogen (secondary N) is 1. The highest BCUT2D eigenvalue weighted by Gasteiger charge is 2.57. The number of benzene rings is 2. The highest BCUT2D eigenvalue weighted by Crippen LogP contribution is 2.55. The summed E-state index contributed by atoms with van der Waals surface area (Å²) in [5.74, 6) is -9.32. The Morgan fingerprint density at radius 1 is 1.04 bits per heavy atom. The average Bonchev–Trinajstić information content (AvgIpc) is 3.50. The molecule has 0 saturated heterocycles. The van der Waals surface area contributed by atoms with Crippen molar-refractivity contribution in [3.63, 3.8) is 0 Å². The molecule has 53 heavy (non-hydrogen) atoms. The van der Waals surface area contributed by atoms with Gasteiger partial charge in [-0.1, -0.05) is 19.8 Å². The molecule has 2 aromatic heterocycles. The Labute approximate surface area is 296 Å². The fourth-order valence-electron chi connectivity index (χ4n) is 6.11. The van der Waals surface area contributed by atoms with E-state index < -0.39 is 106 Å². The molecule has 2 aromatic carbocycles. The van der Waals surface area contributed by atoms with Gasteiger partial charge in [0.1, 0.15) is 35.2 Å². The Morgan fingerprint density at radius 2 is 1.68 bits per heavy atom. The number of halogens is 9. The van der Waals surface area contributed by atoms with Crippen LogP contribution < -0.4 is 11.1 Å². The molecule has 3 atom stereocenters. The molecule has 0 saturated carbocycles. The summed E-state index contributed by atoms with van der Waals surface area (Å²) in [5.41, 5.74) is -1.43. The van der Waals surface area contributed by atoms with Crippen molar-refractivity contribution in [1.82, 2.24) is 20.1 Å². The lowest BCUT2D eigenvalue weighted by Crippen LogP contribution is -2.35. The SMILES string of the molecule is C[C@@H]1c2c(C(F)(F)F)nn(CC(=O)N[C@@H](Cc3cc(F)cc(F)c3)c3nc(C#CC(C)(C)O)ccc3-c3cc(F)c(F)c(C(N)=O)c3)c2C(F)(F)[C@@H]1C. The number of amides is 2. The molecule has 2 heterocycles. The molecule has 0 bridgehead atoms. The van der Waals surface area contributed by atoms with E-state index in [-0.39, 0.29) is 32.8 Å². The molecule has 0 unspecified atom stereocenters. The Hall–Kier alpha value is -5.37. The second-order valence-corrected chi connectivity index (χ2v) is 13.2. The number of hydrogen-bond donors (Lipinski definition) is 3. The van der Waals surface area contributed by atoms with Gasteiger partial charge in [-0.2, -0.15) is 27.1 Å². The fraction of sp³-hybridized carbons (Fsp3) is 0.333. The van der Waals surface area contributed by atoms with Crippen LogP contribution in [0.5, 0.6) is 0 Å². The number of carbonyl (C=O) groups is 2. The molecular weight excluding hydrogens is 721 g/mol. The van der Waals surface area contributed by atoms with Crippen LogP contribution in [0.25, 0.3) is 11.1 Å². The van der Waals surface area contributed by atoms with Crippen molar-refractivity contribution in [2.24, 2.45) is 11.7 Å². The van der Waals surface area contributed by atoms with Crippen molar-refractivity contribution >= 4 is 11.8 Å². The molecule has 0 spiro atoms. The molecule has 0 radical (unpaired) electrons. The maximum atomic E-state index is 15.4. The Bertz CT molecular complexity index is 2160. The lowest BCUT2D eigenvalue weighted by molar-refractivity contribution is -0.143. The number of primary amides is 1. The average molecular weight is 752 g/mol. The van der Waals surface area contributed by atoms with Crippen LogP contribution in [-0.2, 0) is 29.9 Å². The van der Waals surface area contributed by atoms with Crippen LogP contribution in [0.15, 0.2) is 42.5 Å². The van der Waals surface area contributed by atoms with E-state index in [1.165, 1.54) is 32.9 Å². The number of alkyl halides is 5. The minimum Gasteiger partial charge on any atom is -0.378 e. The number of aromatic nitrogens is 3. The van der Waals surface area contributed by atoms with Gasteiger partial charge in [0.25, 0.3) is 11.8 Å². The number of aliphatic hydroxyl groups is 1. The minimum absolute atomic E-state index is 0.0874. The highest BCUT2D eigenvalue weighted by molar-refractivity contribution is 5.94. The second-order valence-electron chi connectivity index (χ2n) is 13.2. The molecule has 5 rings (SSSR count). The van der Waals surface area contributed by atoms with Crippen LogP contribution in [0.1, 0.15) is 83.9 Å². The second kappa shape index (κ2) is 13.9. The van der Waals surface area contributed by atoms with E-state index in [2.05, 4.69) is 27.2 Å². The first-order valence-corrected chi connectivity index (χ1v) is 15.8. The zero-order valence-electron chi connectivity index (χ0n) is 28.3. The zero-order valence-corrected chi connectivity index (χ0v) is 28.3. The molecule has 280 valence electrons. The summed E-state index contributed by atoms with van der Waals surface area (Å²) in [7, 11) is 0. The van der Waals surface area contributed by atoms with Crippen molar-refractivity contribution in [1.29, 1.82) is 0 Å². The van der Waals surface area contributed by atoms with E-state index in [0.717, 1.165) is 25.1 Å². The molecule has 0 aliphatic heterocycles. The predicted molar refractivity (Wildman–Crippen MR) is 171 cm³/mol. The van der Waals surface area contributed by atoms with Gasteiger partial charge in [-0.3, -0.25) is 14.3 Å². The molecule has 2 amide bonds. The van der Waals surface area contributed by atoms with Crippen LogP contribution in [0.4, 0.5) is 39.5 Å². The highest BCUT2D eigenvalue weighted by atomic mass is 19.4. The summed E-state index contributed by atoms with van der Waals surface area (Å²) >= 11 is 0. The lowest BCUT2D eigenvalue weighted by Gasteiger charge is -2.23. The third-order valence-electron chi connectivity index (χ3n) is 8.70. The van der Waals surface area contributed by atoms with Crippen LogP contribution in [0, 0.1) is 41.0 Å². The number of nitrogens with zero attached hydrogens (tertiary/aromatic N) is 3. The predicted octanol–water partition coefficient (Wildman–Crippen LogP) is 6.69. The first kappa shape index (κ1) is 38.9. The van der Waals surface area contributed by atoms with Gasteiger partial charge < -0.3 is 16.2 Å². The standard InChI is InChI=1S/C36H30F9N5O3/c1-16-17(2)35(41,42)32-28(16)31(36(43,44)45)49-50(32)15-27(51)48-26(11-18-9-20(37)14-21(38)10-18)30-23(6-5-22(47-30)7-8-34(3,4)53)19-12-24(33(46)52)29(40)25(39)13-19/h5-6,9-10,12-14,16-17,26,53H,11,15H2,1-4H3,(H2,46,52)(H,48,51)/t16-,17+,26-/m0/s1. The van der Waals surface area contributed by atoms with E-state index in [4.69, 9.17) is 5.73 Å². The van der Waals surface area contributed by atoms with Crippen LogP contribution >= 0.6 is 0 Å². The smallest absolute Gasteiger partial charge is 0.378 e. The summed E-state index contributed by atoms with van der Waals surface area (Å²) < 4.78 is 131. The van der Waals surface area contributed by atoms with Crippen molar-refractivity contribution in [3.05, 3.63) is 105 Å². The van der Waals surface area contributed by atoms with Crippen molar-refractivity contribution < 1.29 is 54.2 Å². The maximum Gasteiger partial charge on any atom is 0.435 e. The van der Waals surface area contributed by atoms with E-state index in [0.29, 0.717) is 12.1 Å².